The molecule has 0 aliphatic carbocycles. The van der Waals surface area contributed by atoms with Gasteiger partial charge in [-0.05, 0) is 29.0 Å². The van der Waals surface area contributed by atoms with Crippen LogP contribution in [0.3, 0.4) is 0 Å². The van der Waals surface area contributed by atoms with Crippen LogP contribution in [0.15, 0.2) is 29.6 Å². The Morgan fingerprint density at radius 3 is 2.67 bits per heavy atom. The van der Waals surface area contributed by atoms with Gasteiger partial charge >= 0.3 is 0 Å². The van der Waals surface area contributed by atoms with Gasteiger partial charge in [-0.2, -0.15) is 0 Å². The molecule has 0 aromatic carbocycles. The Morgan fingerprint density at radius 2 is 2.05 bits per heavy atom. The molecule has 0 spiro atoms. The smallest absolute Gasteiger partial charge is 0.214 e. The second-order valence-corrected chi connectivity index (χ2v) is 6.83. The highest BCUT2D eigenvalue weighted by atomic mass is 32.1. The van der Waals surface area contributed by atoms with E-state index in [9.17, 15) is 0 Å². The third-order valence-electron chi connectivity index (χ3n) is 3.13. The van der Waals surface area contributed by atoms with Crippen LogP contribution >= 0.6 is 11.3 Å². The van der Waals surface area contributed by atoms with Crippen LogP contribution in [0.4, 0.5) is 0 Å². The molecule has 0 fully saturated rings. The van der Waals surface area contributed by atoms with E-state index >= 15 is 0 Å². The van der Waals surface area contributed by atoms with E-state index in [1.54, 1.807) is 11.3 Å². The van der Waals surface area contributed by atoms with E-state index in [2.05, 4.69) is 55.5 Å². The first-order chi connectivity index (χ1) is 10.0. The maximum absolute atomic E-state index is 5.86. The summed E-state index contributed by atoms with van der Waals surface area (Å²) in [4.78, 5) is 5.83. The molecular formula is C17H24N2OS. The maximum Gasteiger partial charge on any atom is 0.214 e. The zero-order valence-electron chi connectivity index (χ0n) is 13.2. The Labute approximate surface area is 131 Å². The van der Waals surface area contributed by atoms with Gasteiger partial charge in [0, 0.05) is 29.2 Å². The molecule has 0 aliphatic heterocycles. The van der Waals surface area contributed by atoms with Crippen molar-refractivity contribution in [1.82, 2.24) is 10.3 Å². The average molecular weight is 304 g/mol. The van der Waals surface area contributed by atoms with Crippen LogP contribution in [0.1, 0.15) is 49.7 Å². The number of thiophene rings is 1. The van der Waals surface area contributed by atoms with Crippen molar-refractivity contribution in [1.29, 1.82) is 0 Å². The van der Waals surface area contributed by atoms with Crippen molar-refractivity contribution in [3.63, 3.8) is 0 Å². The number of rotatable bonds is 7. The number of aromatic nitrogens is 1. The van der Waals surface area contributed by atoms with Gasteiger partial charge in [0.15, 0.2) is 0 Å². The molecule has 4 heteroatoms. The number of nitrogens with one attached hydrogen (secondary N) is 1. The van der Waals surface area contributed by atoms with Gasteiger partial charge in [0.1, 0.15) is 6.61 Å². The van der Waals surface area contributed by atoms with Crippen LogP contribution in [0, 0.1) is 0 Å². The van der Waals surface area contributed by atoms with Gasteiger partial charge in [0.2, 0.25) is 5.88 Å². The highest BCUT2D eigenvalue weighted by molar-refractivity contribution is 7.09. The summed E-state index contributed by atoms with van der Waals surface area (Å²) in [6, 6.07) is 8.79. The van der Waals surface area contributed by atoms with E-state index in [-0.39, 0.29) is 0 Å². The molecule has 0 bridgehead atoms. The second-order valence-electron chi connectivity index (χ2n) is 5.80. The molecule has 0 saturated carbocycles. The third kappa shape index (κ3) is 5.14. The third-order valence-corrected chi connectivity index (χ3v) is 3.98. The largest absolute Gasteiger partial charge is 0.472 e. The number of pyridine rings is 1. The van der Waals surface area contributed by atoms with Crippen LogP contribution in [0.2, 0.25) is 0 Å². The molecule has 2 aromatic rings. The standard InChI is InChI=1S/C17H24N2OS/c1-12(2)16-8-14(10-18-13(3)4)9-17(19-16)20-11-15-6-5-7-21-15/h5-9,12-13,18H,10-11H2,1-4H3. The van der Waals surface area contributed by atoms with E-state index in [1.807, 2.05) is 12.1 Å². The van der Waals surface area contributed by atoms with E-state index in [0.717, 1.165) is 18.1 Å². The number of hydrogen-bond acceptors (Lipinski definition) is 4. The van der Waals surface area contributed by atoms with Crippen molar-refractivity contribution < 1.29 is 4.74 Å². The normalized spacial score (nSPS) is 11.3. The van der Waals surface area contributed by atoms with Gasteiger partial charge in [-0.1, -0.05) is 33.8 Å². The summed E-state index contributed by atoms with van der Waals surface area (Å²) >= 11 is 1.71. The Balaban J connectivity index is 2.10. The summed E-state index contributed by atoms with van der Waals surface area (Å²) in [7, 11) is 0. The molecule has 0 aliphatic rings. The van der Waals surface area contributed by atoms with Crippen LogP contribution in [0.25, 0.3) is 0 Å². The van der Waals surface area contributed by atoms with Crippen molar-refractivity contribution in [3.8, 4) is 5.88 Å². The Kier molecular flexibility index (Phi) is 5.76. The monoisotopic (exact) mass is 304 g/mol. The maximum atomic E-state index is 5.86. The highest BCUT2D eigenvalue weighted by Gasteiger charge is 2.08. The van der Waals surface area contributed by atoms with E-state index in [1.165, 1.54) is 10.4 Å². The highest BCUT2D eigenvalue weighted by Crippen LogP contribution is 2.20. The first kappa shape index (κ1) is 16.0. The fourth-order valence-electron chi connectivity index (χ4n) is 1.92. The van der Waals surface area contributed by atoms with Crippen LogP contribution < -0.4 is 10.1 Å². The molecule has 3 nitrogen and oxygen atoms in total. The molecule has 0 radical (unpaired) electrons. The summed E-state index contributed by atoms with van der Waals surface area (Å²) in [6.07, 6.45) is 0. The topological polar surface area (TPSA) is 34.1 Å². The molecule has 21 heavy (non-hydrogen) atoms. The van der Waals surface area contributed by atoms with Crippen molar-refractivity contribution in [3.05, 3.63) is 45.8 Å². The number of hydrogen-bond donors (Lipinski definition) is 1. The van der Waals surface area contributed by atoms with Gasteiger partial charge in [-0.3, -0.25) is 0 Å². The molecular weight excluding hydrogens is 280 g/mol. The van der Waals surface area contributed by atoms with Crippen molar-refractivity contribution >= 4 is 11.3 Å². The van der Waals surface area contributed by atoms with Crippen molar-refractivity contribution in [2.24, 2.45) is 0 Å². The summed E-state index contributed by atoms with van der Waals surface area (Å²) in [5, 5.41) is 5.51. The minimum absolute atomic E-state index is 0.396. The van der Waals surface area contributed by atoms with Gasteiger partial charge in [-0.25, -0.2) is 4.98 Å². The van der Waals surface area contributed by atoms with Gasteiger partial charge < -0.3 is 10.1 Å². The zero-order valence-corrected chi connectivity index (χ0v) is 14.0. The molecule has 114 valence electrons. The summed E-state index contributed by atoms with van der Waals surface area (Å²) < 4.78 is 5.86. The summed E-state index contributed by atoms with van der Waals surface area (Å²) in [6.45, 7) is 10.0. The van der Waals surface area contributed by atoms with E-state index in [0.29, 0.717) is 18.6 Å². The Bertz CT molecular complexity index is 550. The molecule has 0 atom stereocenters. The summed E-state index contributed by atoms with van der Waals surface area (Å²) in [5.41, 5.74) is 2.31. The minimum atomic E-state index is 0.396. The molecule has 0 amide bonds. The molecule has 1 N–H and O–H groups in total. The molecule has 2 aromatic heterocycles. The first-order valence-electron chi connectivity index (χ1n) is 7.44. The fraction of sp³-hybridized carbons (Fsp3) is 0.471. The lowest BCUT2D eigenvalue weighted by Gasteiger charge is -2.13. The lowest BCUT2D eigenvalue weighted by Crippen LogP contribution is -2.22. The minimum Gasteiger partial charge on any atom is -0.472 e. The predicted octanol–water partition coefficient (Wildman–Crippen LogP) is 4.34. The summed E-state index contributed by atoms with van der Waals surface area (Å²) in [5.74, 6) is 1.11. The number of ether oxygens (including phenoxy) is 1. The SMILES string of the molecule is CC(C)NCc1cc(OCc2cccs2)nc(C(C)C)c1. The Hall–Kier alpha value is -1.39. The second kappa shape index (κ2) is 7.57. The van der Waals surface area contributed by atoms with Gasteiger partial charge in [-0.15, -0.1) is 11.3 Å². The van der Waals surface area contributed by atoms with Gasteiger partial charge in [0.05, 0.1) is 0 Å². The van der Waals surface area contributed by atoms with Crippen LogP contribution in [-0.2, 0) is 13.2 Å². The molecule has 0 unspecified atom stereocenters. The van der Waals surface area contributed by atoms with E-state index in [4.69, 9.17) is 4.74 Å². The lowest BCUT2D eigenvalue weighted by atomic mass is 10.1. The molecule has 0 saturated heterocycles. The molecule has 2 rings (SSSR count). The predicted molar refractivity (Wildman–Crippen MR) is 89.0 cm³/mol. The van der Waals surface area contributed by atoms with Crippen molar-refractivity contribution in [2.45, 2.75) is 52.8 Å². The average Bonchev–Trinajstić information content (AvgIpc) is 2.96. The fourth-order valence-corrected chi connectivity index (χ4v) is 2.53. The Morgan fingerprint density at radius 1 is 1.24 bits per heavy atom. The first-order valence-corrected chi connectivity index (χ1v) is 8.32. The number of nitrogens with zero attached hydrogens (tertiary/aromatic N) is 1. The van der Waals surface area contributed by atoms with E-state index < -0.39 is 0 Å². The lowest BCUT2D eigenvalue weighted by molar-refractivity contribution is 0.295. The zero-order chi connectivity index (χ0) is 15.2. The quantitative estimate of drug-likeness (QED) is 0.826. The van der Waals surface area contributed by atoms with Crippen LogP contribution in [-0.4, -0.2) is 11.0 Å². The van der Waals surface area contributed by atoms with Gasteiger partial charge in [0.25, 0.3) is 0 Å². The van der Waals surface area contributed by atoms with Crippen LogP contribution in [0.5, 0.6) is 5.88 Å². The van der Waals surface area contributed by atoms with Crippen molar-refractivity contribution in [2.75, 3.05) is 0 Å². The molecule has 2 heterocycles.